The summed E-state index contributed by atoms with van der Waals surface area (Å²) in [6.07, 6.45) is 1.30. The second-order valence-electron chi connectivity index (χ2n) is 7.40. The fraction of sp³-hybridized carbons (Fsp3) is 0.318. The maximum atomic E-state index is 14.5. The van der Waals surface area contributed by atoms with Crippen molar-refractivity contribution < 1.29 is 28.2 Å². The molecule has 1 atom stereocenters. The number of carbonyl (C=O) groups excluding carboxylic acids is 3. The Morgan fingerprint density at radius 3 is 2.37 bits per heavy atom. The molecule has 0 aliphatic rings. The summed E-state index contributed by atoms with van der Waals surface area (Å²) in [4.78, 5) is 35.1. The second kappa shape index (κ2) is 10.4. The van der Waals surface area contributed by atoms with Gasteiger partial charge in [0.15, 0.2) is 0 Å². The average molecular weight is 657 g/mol. The average Bonchev–Trinajstić information content (AvgIpc) is 2.66. The molecule has 0 spiro atoms. The molecule has 0 aliphatic heterocycles. The summed E-state index contributed by atoms with van der Waals surface area (Å²) in [5, 5.41) is 2.22. The summed E-state index contributed by atoms with van der Waals surface area (Å²) < 4.78 is 24.9. The van der Waals surface area contributed by atoms with Crippen LogP contribution in [0.25, 0.3) is 0 Å². The summed E-state index contributed by atoms with van der Waals surface area (Å²) in [6.45, 7) is 5.16. The number of rotatable bonds is 8. The number of benzene rings is 2. The van der Waals surface area contributed by atoms with Crippen LogP contribution in [0.4, 0.5) is 4.39 Å². The molecule has 0 unspecified atom stereocenters. The van der Waals surface area contributed by atoms with Crippen molar-refractivity contribution in [2.24, 2.45) is 0 Å². The first-order valence-corrected chi connectivity index (χ1v) is 9.04. The molecule has 1 amide bonds. The molecule has 30 heavy (non-hydrogen) atoms. The van der Waals surface area contributed by atoms with Crippen LogP contribution in [0.3, 0.4) is 0 Å². The van der Waals surface area contributed by atoms with Gasteiger partial charge in [-0.15, -0.1) is 0 Å². The third-order valence-corrected chi connectivity index (χ3v) is 3.85. The molecule has 2 aromatic rings. The van der Waals surface area contributed by atoms with Gasteiger partial charge in [-0.1, -0.05) is 36.4 Å². The topological polar surface area (TPSA) is 81.7 Å². The van der Waals surface area contributed by atoms with Gasteiger partial charge in [0.05, 0.1) is 5.56 Å². The third-order valence-electron chi connectivity index (χ3n) is 3.85. The standard InChI is InChI=1S/C22H23FNO5.Fm/c1-22(2,3)29-20(26)17-10-9-16(18(23)11-17)12-19(24-14-25)21(27)28-13-15-7-5-4-6-8-15;/h4-11,19H,12-13H2,1-3H3,(H,24,25);/q-1;/t19-;/m0./s1. The molecular formula is C22H23FFmNO5-. The van der Waals surface area contributed by atoms with Gasteiger partial charge in [-0.3, -0.25) is 0 Å². The van der Waals surface area contributed by atoms with Crippen molar-refractivity contribution in [1.82, 2.24) is 5.32 Å². The number of hydrogen-bond donors (Lipinski definition) is 1. The molecule has 0 aromatic heterocycles. The van der Waals surface area contributed by atoms with Crippen LogP contribution in [0, 0.1) is 5.82 Å². The van der Waals surface area contributed by atoms with Gasteiger partial charge in [0.1, 0.15) is 24.1 Å². The smallest absolute Gasteiger partial charge is 0.338 e. The first-order chi connectivity index (χ1) is 13.7. The Morgan fingerprint density at radius 1 is 1.13 bits per heavy atom. The van der Waals surface area contributed by atoms with E-state index in [2.05, 4.69) is 5.32 Å². The first-order valence-electron chi connectivity index (χ1n) is 9.04. The van der Waals surface area contributed by atoms with Crippen LogP contribution < -0.4 is 5.32 Å². The number of hydrogen-bond acceptors (Lipinski definition) is 5. The minimum Gasteiger partial charge on any atom is -0.520 e. The molecule has 8 heteroatoms. The quantitative estimate of drug-likeness (QED) is 0.268. The van der Waals surface area contributed by atoms with E-state index in [0.29, 0.717) is 0 Å². The number of amides is 1. The van der Waals surface area contributed by atoms with Crippen molar-refractivity contribution in [2.45, 2.75) is 45.4 Å². The predicted molar refractivity (Wildman–Crippen MR) is 104 cm³/mol. The number of nitrogens with one attached hydrogen (secondary N) is 1. The van der Waals surface area contributed by atoms with Crippen LogP contribution in [0.15, 0.2) is 48.5 Å². The molecule has 0 bridgehead atoms. The summed E-state index contributed by atoms with van der Waals surface area (Å²) >= 11 is 0. The molecule has 0 aliphatic carbocycles. The number of halogens is 1. The van der Waals surface area contributed by atoms with Crippen molar-refractivity contribution in [3.8, 4) is 0 Å². The molecule has 2 rings (SSSR count). The van der Waals surface area contributed by atoms with E-state index < -0.39 is 29.4 Å². The van der Waals surface area contributed by atoms with Crippen LogP contribution in [-0.2, 0) is 32.1 Å². The van der Waals surface area contributed by atoms with E-state index in [1.807, 2.05) is 6.07 Å². The molecule has 2 aromatic carbocycles. The van der Waals surface area contributed by atoms with E-state index in [1.165, 1.54) is 18.5 Å². The zero-order valence-electron chi connectivity index (χ0n) is 16.8. The monoisotopic (exact) mass is 657 g/mol. The Labute approximate surface area is 169 Å². The Morgan fingerprint density at radius 2 is 1.80 bits per heavy atom. The summed E-state index contributed by atoms with van der Waals surface area (Å²) in [6, 6.07) is 11.7. The Hall–Kier alpha value is -4.22. The van der Waals surface area contributed by atoms with Gasteiger partial charge in [0, 0.05) is 6.42 Å². The zero-order chi connectivity index (χ0) is 21.4. The van der Waals surface area contributed by atoms with E-state index >= 15 is 0 Å². The van der Waals surface area contributed by atoms with E-state index in [4.69, 9.17) is 9.47 Å². The van der Waals surface area contributed by atoms with Crippen LogP contribution in [0.2, 0.25) is 0 Å². The summed E-state index contributed by atoms with van der Waals surface area (Å²) in [7, 11) is 0. The van der Waals surface area contributed by atoms with E-state index in [9.17, 15) is 18.8 Å². The van der Waals surface area contributed by atoms with Gasteiger partial charge >= 0.3 is 11.9 Å². The van der Waals surface area contributed by atoms with Crippen molar-refractivity contribution >= 4 is 18.3 Å². The van der Waals surface area contributed by atoms with Gasteiger partial charge in [-0.25, -0.2) is 14.0 Å². The second-order valence-corrected chi connectivity index (χ2v) is 7.40. The summed E-state index contributed by atoms with van der Waals surface area (Å²) in [5.41, 5.74) is 0.271. The number of ether oxygens (including phenoxy) is 2. The Bertz CT molecular complexity index is 868. The molecule has 0 fully saturated rings. The van der Waals surface area contributed by atoms with E-state index in [1.54, 1.807) is 45.0 Å². The third kappa shape index (κ3) is 7.07. The van der Waals surface area contributed by atoms with Crippen molar-refractivity contribution in [2.75, 3.05) is 0 Å². The zero-order valence-corrected chi connectivity index (χ0v) is 19.2. The van der Waals surface area contributed by atoms with Gasteiger partial charge in [0.2, 0.25) is 0 Å². The van der Waals surface area contributed by atoms with Crippen molar-refractivity contribution in [3.05, 3.63) is 71.0 Å². The molecule has 6 nitrogen and oxygen atoms in total. The minimum absolute atomic E-state index is 0. The maximum Gasteiger partial charge on any atom is 0.338 e. The minimum atomic E-state index is -1.11. The van der Waals surface area contributed by atoms with Gasteiger partial charge in [0.25, 0.3) is 0 Å². The molecule has 166 valence electrons. The SMILES string of the molecule is CC(C)(C)OC(=O)c1ccc(C[C@H](N[C-]=O)C(=O)OCc2ccccc2)c(F)c1.[Fm]. The largest absolute Gasteiger partial charge is 0.520 e. The summed E-state index contributed by atoms with van der Waals surface area (Å²) in [5.74, 6) is -2.06. The fourth-order valence-corrected chi connectivity index (χ4v) is 2.49. The number of esters is 2. The maximum absolute atomic E-state index is 14.5. The van der Waals surface area contributed by atoms with Crippen LogP contribution in [0.5, 0.6) is 0 Å². The molecule has 0 radical (unpaired) electrons. The van der Waals surface area contributed by atoms with E-state index in [0.717, 1.165) is 11.6 Å². The van der Waals surface area contributed by atoms with E-state index in [-0.39, 0.29) is 24.2 Å². The number of carbonyl (C=O) groups is 2. The van der Waals surface area contributed by atoms with Gasteiger partial charge in [-0.05, 0) is 44.0 Å². The predicted octanol–water partition coefficient (Wildman–Crippen LogP) is 3.09. The first kappa shape index (κ1) is 23.8. The Kier molecular flexibility index (Phi) is 8.22. The van der Waals surface area contributed by atoms with Crippen LogP contribution >= 0.6 is 0 Å². The van der Waals surface area contributed by atoms with Crippen molar-refractivity contribution in [1.29, 1.82) is 0 Å². The molecule has 0 saturated carbocycles. The molecular weight excluding hydrogens is 634 g/mol. The van der Waals surface area contributed by atoms with Crippen LogP contribution in [-0.4, -0.2) is 30.0 Å². The van der Waals surface area contributed by atoms with Crippen molar-refractivity contribution in [3.63, 3.8) is 0 Å². The Balaban J connectivity index is 0.00000450. The molecule has 0 saturated heterocycles. The van der Waals surface area contributed by atoms with Crippen LogP contribution in [0.1, 0.15) is 42.3 Å². The normalized spacial score (nSPS) is 11.6. The van der Waals surface area contributed by atoms with Gasteiger partial charge < -0.3 is 19.6 Å². The van der Waals surface area contributed by atoms with Gasteiger partial charge in [-0.2, -0.15) is 6.41 Å². The molecule has 0 heterocycles. The molecule has 1 N–H and O–H groups in total. The fourth-order valence-electron chi connectivity index (χ4n) is 2.49.